The summed E-state index contributed by atoms with van der Waals surface area (Å²) in [5.41, 5.74) is 0.131. The number of hydrogen-bond donors (Lipinski definition) is 2. The molecule has 7 rings (SSSR count). The molecule has 1 aromatic carbocycles. The SMILES string of the molecule is COc1nc(N2C3CCC2CN(CC(C)O)C3)c2c(n1)sc1c(-c3c(C(F)(F)F)c(C)cc4[nH]ncc34)nccc12. The lowest BCUT2D eigenvalue weighted by atomic mass is 9.94. The molecule has 0 amide bonds. The number of methoxy groups -OCH3 is 1. The third-order valence-electron chi connectivity index (χ3n) is 8.18. The highest BCUT2D eigenvalue weighted by Gasteiger charge is 2.42. The number of anilines is 1. The Kier molecular flexibility index (Phi) is 6.10. The molecule has 4 aromatic heterocycles. The topological polar surface area (TPSA) is 103 Å². The minimum Gasteiger partial charge on any atom is -0.467 e. The molecule has 41 heavy (non-hydrogen) atoms. The number of aromatic amines is 1. The smallest absolute Gasteiger partial charge is 0.417 e. The van der Waals surface area contributed by atoms with E-state index in [1.54, 1.807) is 13.1 Å². The lowest BCUT2D eigenvalue weighted by molar-refractivity contribution is -0.137. The molecular weight excluding hydrogens is 555 g/mol. The summed E-state index contributed by atoms with van der Waals surface area (Å²) in [6, 6.07) is 3.89. The number of aromatic nitrogens is 5. The van der Waals surface area contributed by atoms with E-state index in [1.807, 2.05) is 6.07 Å². The van der Waals surface area contributed by atoms with E-state index in [-0.39, 0.29) is 34.9 Å². The van der Waals surface area contributed by atoms with E-state index in [2.05, 4.69) is 30.0 Å². The van der Waals surface area contributed by atoms with Crippen LogP contribution in [0.2, 0.25) is 0 Å². The number of piperazine rings is 1. The fourth-order valence-electron chi connectivity index (χ4n) is 6.72. The summed E-state index contributed by atoms with van der Waals surface area (Å²) < 4.78 is 49.7. The number of thiophene rings is 1. The van der Waals surface area contributed by atoms with Crippen LogP contribution in [-0.4, -0.2) is 80.1 Å². The normalized spacial score (nSPS) is 20.5. The standard InChI is InChI=1S/C28H28F3N7O2S/c1-13-8-19-18(9-33-36-19)20(22(13)28(29,30)31)23-24-17(6-7-32-23)21-25(34-27(40-3)35-26(21)41-24)38-15-4-5-16(38)12-37(11-15)10-14(2)39/h6-9,14-16,39H,4-5,10-12H2,1-3H3,(H,33,36). The van der Waals surface area contributed by atoms with Gasteiger partial charge in [0.1, 0.15) is 10.6 Å². The zero-order chi connectivity index (χ0) is 28.6. The summed E-state index contributed by atoms with van der Waals surface area (Å²) in [6.45, 7) is 5.45. The molecule has 0 saturated carbocycles. The summed E-state index contributed by atoms with van der Waals surface area (Å²) in [6.07, 6.45) is -0.0538. The summed E-state index contributed by atoms with van der Waals surface area (Å²) in [7, 11) is 1.51. The van der Waals surface area contributed by atoms with Gasteiger partial charge in [-0.1, -0.05) is 0 Å². The number of ether oxygens (including phenoxy) is 1. The minimum absolute atomic E-state index is 0.00619. The van der Waals surface area contributed by atoms with E-state index in [0.717, 1.165) is 42.5 Å². The molecular formula is C28H28F3N7O2S. The van der Waals surface area contributed by atoms with Crippen molar-refractivity contribution in [1.29, 1.82) is 0 Å². The third-order valence-corrected chi connectivity index (χ3v) is 9.29. The van der Waals surface area contributed by atoms with E-state index in [4.69, 9.17) is 9.72 Å². The van der Waals surface area contributed by atoms with Crippen molar-refractivity contribution in [3.8, 4) is 17.3 Å². The molecule has 2 bridgehead atoms. The number of pyridine rings is 1. The number of aliphatic hydroxyl groups excluding tert-OH is 1. The van der Waals surface area contributed by atoms with Gasteiger partial charge in [-0.15, -0.1) is 11.3 Å². The van der Waals surface area contributed by atoms with Gasteiger partial charge in [0, 0.05) is 54.3 Å². The van der Waals surface area contributed by atoms with Crippen LogP contribution in [0.4, 0.5) is 19.0 Å². The fourth-order valence-corrected chi connectivity index (χ4v) is 7.87. The van der Waals surface area contributed by atoms with Gasteiger partial charge in [-0.3, -0.25) is 15.0 Å². The Balaban J connectivity index is 1.47. The second kappa shape index (κ2) is 9.50. The third kappa shape index (κ3) is 4.20. The fraction of sp³-hybridized carbons (Fsp3) is 0.429. The van der Waals surface area contributed by atoms with E-state index < -0.39 is 17.8 Å². The number of H-pyrrole nitrogens is 1. The Morgan fingerprint density at radius 2 is 1.95 bits per heavy atom. The first-order valence-electron chi connectivity index (χ1n) is 13.5. The zero-order valence-electron chi connectivity index (χ0n) is 22.7. The van der Waals surface area contributed by atoms with Crippen LogP contribution in [0.15, 0.2) is 24.5 Å². The molecule has 5 aromatic rings. The second-order valence-electron chi connectivity index (χ2n) is 11.0. The lowest BCUT2D eigenvalue weighted by Gasteiger charge is -2.42. The number of halogens is 3. The zero-order valence-corrected chi connectivity index (χ0v) is 23.5. The molecule has 2 saturated heterocycles. The first-order chi connectivity index (χ1) is 19.6. The Labute approximate surface area is 237 Å². The molecule has 2 aliphatic heterocycles. The Morgan fingerprint density at radius 3 is 2.63 bits per heavy atom. The second-order valence-corrected chi connectivity index (χ2v) is 12.0. The van der Waals surface area contributed by atoms with E-state index >= 15 is 0 Å². The van der Waals surface area contributed by atoms with Crippen LogP contribution in [0.25, 0.3) is 42.5 Å². The highest BCUT2D eigenvalue weighted by atomic mass is 32.1. The van der Waals surface area contributed by atoms with Gasteiger partial charge < -0.3 is 14.7 Å². The highest BCUT2D eigenvalue weighted by Crippen LogP contribution is 2.49. The van der Waals surface area contributed by atoms with E-state index in [0.29, 0.717) is 27.0 Å². The molecule has 13 heteroatoms. The van der Waals surface area contributed by atoms with Gasteiger partial charge in [0.25, 0.3) is 0 Å². The largest absolute Gasteiger partial charge is 0.467 e. The monoisotopic (exact) mass is 583 g/mol. The maximum absolute atomic E-state index is 14.5. The first kappa shape index (κ1) is 26.4. The summed E-state index contributed by atoms with van der Waals surface area (Å²) in [5, 5.41) is 18.7. The molecule has 0 spiro atoms. The van der Waals surface area contributed by atoms with Gasteiger partial charge in [-0.05, 0) is 44.4 Å². The number of likely N-dealkylation sites (tertiary alicyclic amines) is 1. The maximum atomic E-state index is 14.5. The molecule has 3 atom stereocenters. The van der Waals surface area contributed by atoms with Crippen LogP contribution in [0, 0.1) is 6.92 Å². The van der Waals surface area contributed by atoms with Crippen molar-refractivity contribution >= 4 is 48.4 Å². The van der Waals surface area contributed by atoms with Crippen molar-refractivity contribution in [3.05, 3.63) is 35.7 Å². The van der Waals surface area contributed by atoms with Crippen LogP contribution in [0.3, 0.4) is 0 Å². The maximum Gasteiger partial charge on any atom is 0.417 e. The number of benzene rings is 1. The Hall–Kier alpha value is -3.55. The highest BCUT2D eigenvalue weighted by molar-refractivity contribution is 7.26. The summed E-state index contributed by atoms with van der Waals surface area (Å²) >= 11 is 1.30. The number of β-amino-alcohol motifs (C(OH)–C–C–N with tert-alkyl or cyclic N) is 1. The number of fused-ring (bicyclic) bond motifs is 6. The van der Waals surface area contributed by atoms with E-state index in [1.165, 1.54) is 37.6 Å². The van der Waals surface area contributed by atoms with Crippen molar-refractivity contribution in [1.82, 2.24) is 30.0 Å². The van der Waals surface area contributed by atoms with Crippen molar-refractivity contribution < 1.29 is 23.0 Å². The van der Waals surface area contributed by atoms with Crippen LogP contribution in [-0.2, 0) is 6.18 Å². The molecule has 2 N–H and O–H groups in total. The average Bonchev–Trinajstić information content (AvgIpc) is 3.60. The van der Waals surface area contributed by atoms with Gasteiger partial charge in [0.15, 0.2) is 0 Å². The Morgan fingerprint density at radius 1 is 1.20 bits per heavy atom. The van der Waals surface area contributed by atoms with Crippen molar-refractivity contribution in [2.45, 2.75) is 51.1 Å². The number of hydrogen-bond acceptors (Lipinski definition) is 9. The Bertz CT molecular complexity index is 1790. The summed E-state index contributed by atoms with van der Waals surface area (Å²) in [4.78, 5) is 19.2. The molecule has 0 radical (unpaired) electrons. The van der Waals surface area contributed by atoms with Crippen molar-refractivity contribution in [2.75, 3.05) is 31.6 Å². The molecule has 2 aliphatic rings. The molecule has 9 nitrogen and oxygen atoms in total. The lowest BCUT2D eigenvalue weighted by Crippen LogP contribution is -2.55. The molecule has 0 aliphatic carbocycles. The van der Waals surface area contributed by atoms with Crippen LogP contribution >= 0.6 is 11.3 Å². The summed E-state index contributed by atoms with van der Waals surface area (Å²) in [5.74, 6) is 0.730. The van der Waals surface area contributed by atoms with E-state index in [9.17, 15) is 18.3 Å². The van der Waals surface area contributed by atoms with Crippen LogP contribution in [0.1, 0.15) is 30.9 Å². The molecule has 6 heterocycles. The van der Waals surface area contributed by atoms with Gasteiger partial charge in [0.2, 0.25) is 0 Å². The van der Waals surface area contributed by atoms with Crippen molar-refractivity contribution in [2.24, 2.45) is 0 Å². The number of alkyl halides is 3. The van der Waals surface area contributed by atoms with Gasteiger partial charge in [0.05, 0.1) is 46.3 Å². The minimum atomic E-state index is -4.59. The number of aryl methyl sites for hydroxylation is 1. The van der Waals surface area contributed by atoms with Crippen molar-refractivity contribution in [3.63, 3.8) is 0 Å². The van der Waals surface area contributed by atoms with Gasteiger partial charge >= 0.3 is 12.2 Å². The van der Waals surface area contributed by atoms with Crippen LogP contribution in [0.5, 0.6) is 6.01 Å². The quantitative estimate of drug-likeness (QED) is 0.293. The number of nitrogens with zero attached hydrogens (tertiary/aromatic N) is 6. The molecule has 214 valence electrons. The average molecular weight is 584 g/mol. The molecule has 2 fully saturated rings. The predicted molar refractivity (Wildman–Crippen MR) is 152 cm³/mol. The van der Waals surface area contributed by atoms with Crippen LogP contribution < -0.4 is 9.64 Å². The predicted octanol–water partition coefficient (Wildman–Crippen LogP) is 5.15. The van der Waals surface area contributed by atoms with Gasteiger partial charge in [-0.25, -0.2) is 0 Å². The number of rotatable bonds is 5. The number of nitrogens with one attached hydrogen (secondary N) is 1. The van der Waals surface area contributed by atoms with Gasteiger partial charge in [-0.2, -0.15) is 28.2 Å². The molecule has 3 unspecified atom stereocenters. The first-order valence-corrected chi connectivity index (χ1v) is 14.3. The number of aliphatic hydroxyl groups is 1.